The highest BCUT2D eigenvalue weighted by molar-refractivity contribution is 6.17. The minimum absolute atomic E-state index is 0. The Morgan fingerprint density at radius 2 is 2.21 bits per heavy atom. The van der Waals surface area contributed by atoms with Crippen molar-refractivity contribution >= 4 is 17.4 Å². The van der Waals surface area contributed by atoms with E-state index in [-0.39, 0.29) is 35.6 Å². The zero-order chi connectivity index (χ0) is 12.6. The predicted octanol–water partition coefficient (Wildman–Crippen LogP) is -5.57. The average molecular weight is 332 g/mol. The second-order valence-corrected chi connectivity index (χ2v) is 5.20. The molecule has 0 radical (unpaired) electrons. The lowest BCUT2D eigenvalue weighted by atomic mass is 10.3. The van der Waals surface area contributed by atoms with Gasteiger partial charge in [-0.25, -0.2) is 4.57 Å². The van der Waals surface area contributed by atoms with Crippen LogP contribution in [0.3, 0.4) is 0 Å². The second-order valence-electron chi connectivity index (χ2n) is 4.83. The summed E-state index contributed by atoms with van der Waals surface area (Å²) in [5, 5.41) is 10.9. The van der Waals surface area contributed by atoms with Gasteiger partial charge in [-0.3, -0.25) is 0 Å². The minimum Gasteiger partial charge on any atom is -1.00 e. The minimum atomic E-state index is -0.336. The van der Waals surface area contributed by atoms with E-state index in [0.717, 1.165) is 36.5 Å². The third-order valence-corrected chi connectivity index (χ3v) is 3.72. The van der Waals surface area contributed by atoms with E-state index >= 15 is 0 Å². The smallest absolute Gasteiger partial charge is 0.365 e. The molecule has 2 heterocycles. The van der Waals surface area contributed by atoms with E-state index < -0.39 is 0 Å². The fraction of sp³-hybridized carbons (Fsp3) is 0.700. The second kappa shape index (κ2) is 6.74. The number of fused-ring (bicyclic) bond motifs is 1. The Kier molecular flexibility index (Phi) is 6.54. The lowest BCUT2D eigenvalue weighted by Gasteiger charge is -2.34. The molecule has 0 bridgehead atoms. The van der Waals surface area contributed by atoms with E-state index in [1.165, 1.54) is 0 Å². The number of hydrogen-bond donors (Lipinski definition) is 0. The number of alkyl halides is 1. The van der Waals surface area contributed by atoms with Crippen LogP contribution in [0.25, 0.3) is 0 Å². The molecule has 0 spiro atoms. The number of halogens is 3. The van der Waals surface area contributed by atoms with E-state index in [1.54, 1.807) is 17.8 Å². The first-order chi connectivity index (χ1) is 7.97. The molecule has 110 valence electrons. The van der Waals surface area contributed by atoms with Crippen LogP contribution in [-0.2, 0) is 20.1 Å². The lowest BCUT2D eigenvalue weighted by molar-refractivity contribution is -0.965. The molecule has 0 saturated heterocycles. The zero-order valence-electron chi connectivity index (χ0n) is 10.9. The van der Waals surface area contributed by atoms with Crippen molar-refractivity contribution in [3.05, 3.63) is 22.1 Å². The topological polar surface area (TPSA) is 51.9 Å². The van der Waals surface area contributed by atoms with Gasteiger partial charge in [0.05, 0.1) is 26.5 Å². The highest BCUT2D eigenvalue weighted by atomic mass is 35.5. The van der Waals surface area contributed by atoms with E-state index in [9.17, 15) is 10.1 Å². The number of aromatic nitrogens is 2. The molecule has 1 aliphatic rings. The quantitative estimate of drug-likeness (QED) is 0.182. The number of rotatable bonds is 3. The molecule has 0 fully saturated rings. The molecule has 0 saturated carbocycles. The summed E-state index contributed by atoms with van der Waals surface area (Å²) in [5.74, 6) is 1.76. The molecular formula is C10H17Cl3N4O2. The lowest BCUT2D eigenvalue weighted by Crippen LogP contribution is -3.00. The third-order valence-electron chi connectivity index (χ3n) is 3.55. The largest absolute Gasteiger partial charge is 1.00 e. The van der Waals surface area contributed by atoms with Gasteiger partial charge in [0.1, 0.15) is 13.1 Å². The standard InChI is InChI=1S/C10H17ClN4O2.2ClH/c1-12-9(14(16)17)7-13-4-6-15(2,5-3-11)8-10(12)13;;/h7H,3-6,8H2,1-2H3;2*1H/q+2;;/p-2. The average Bonchev–Trinajstić information content (AvgIpc) is 2.56. The number of nitrogens with zero attached hydrogens (tertiary/aromatic N) is 4. The summed E-state index contributed by atoms with van der Waals surface area (Å²) >= 11 is 5.81. The van der Waals surface area contributed by atoms with E-state index in [1.807, 2.05) is 4.57 Å². The van der Waals surface area contributed by atoms with Crippen molar-refractivity contribution < 1.29 is 38.8 Å². The van der Waals surface area contributed by atoms with Crippen molar-refractivity contribution in [3.63, 3.8) is 0 Å². The van der Waals surface area contributed by atoms with Gasteiger partial charge in [0, 0.05) is 0 Å². The maximum atomic E-state index is 10.9. The Morgan fingerprint density at radius 1 is 1.58 bits per heavy atom. The molecule has 0 aliphatic carbocycles. The number of imidazole rings is 1. The van der Waals surface area contributed by atoms with Gasteiger partial charge in [-0.05, 0) is 4.92 Å². The highest BCUT2D eigenvalue weighted by Gasteiger charge is 2.37. The molecule has 0 aromatic carbocycles. The van der Waals surface area contributed by atoms with Crippen molar-refractivity contribution in [3.8, 4) is 0 Å². The number of nitro groups is 1. The summed E-state index contributed by atoms with van der Waals surface area (Å²) in [6, 6.07) is 0. The summed E-state index contributed by atoms with van der Waals surface area (Å²) in [4.78, 5) is 10.5. The van der Waals surface area contributed by atoms with Gasteiger partial charge in [0.25, 0.3) is 0 Å². The molecule has 0 amide bonds. The van der Waals surface area contributed by atoms with E-state index in [0.29, 0.717) is 5.88 Å². The molecule has 1 aliphatic heterocycles. The summed E-state index contributed by atoms with van der Waals surface area (Å²) in [5.41, 5.74) is 0. The summed E-state index contributed by atoms with van der Waals surface area (Å²) < 4.78 is 4.49. The molecule has 6 nitrogen and oxygen atoms in total. The Hall–Kier alpha value is -0.560. The van der Waals surface area contributed by atoms with Gasteiger partial charge in [-0.1, -0.05) is 0 Å². The molecule has 0 N–H and O–H groups in total. The summed E-state index contributed by atoms with van der Waals surface area (Å²) in [6.07, 6.45) is 1.62. The van der Waals surface area contributed by atoms with Gasteiger partial charge in [-0.15, -0.1) is 11.6 Å². The predicted molar refractivity (Wildman–Crippen MR) is 62.6 cm³/mol. The Bertz CT molecular complexity index is 466. The first-order valence-electron chi connectivity index (χ1n) is 5.59. The van der Waals surface area contributed by atoms with Crippen LogP contribution in [0.4, 0.5) is 5.82 Å². The van der Waals surface area contributed by atoms with Gasteiger partial charge in [0.15, 0.2) is 12.7 Å². The maximum Gasteiger partial charge on any atom is 0.365 e. The van der Waals surface area contributed by atoms with Crippen LogP contribution >= 0.6 is 11.6 Å². The van der Waals surface area contributed by atoms with Crippen LogP contribution in [0.15, 0.2) is 6.20 Å². The third kappa shape index (κ3) is 3.51. The molecule has 19 heavy (non-hydrogen) atoms. The monoisotopic (exact) mass is 330 g/mol. The van der Waals surface area contributed by atoms with Crippen molar-refractivity contribution in [1.29, 1.82) is 0 Å². The van der Waals surface area contributed by atoms with Gasteiger partial charge in [0.2, 0.25) is 0 Å². The molecule has 1 atom stereocenters. The van der Waals surface area contributed by atoms with Gasteiger partial charge < -0.3 is 39.4 Å². The zero-order valence-corrected chi connectivity index (χ0v) is 13.1. The van der Waals surface area contributed by atoms with Crippen molar-refractivity contribution in [2.75, 3.05) is 26.0 Å². The molecule has 1 aromatic rings. The Labute approximate surface area is 129 Å². The van der Waals surface area contributed by atoms with Gasteiger partial charge >= 0.3 is 11.6 Å². The normalized spacial score (nSPS) is 21.0. The molecule has 2 rings (SSSR count). The van der Waals surface area contributed by atoms with Crippen LogP contribution in [0, 0.1) is 10.1 Å². The number of hydrogen-bond acceptors (Lipinski definition) is 2. The highest BCUT2D eigenvalue weighted by Crippen LogP contribution is 2.18. The van der Waals surface area contributed by atoms with Crippen molar-refractivity contribution in [2.24, 2.45) is 7.05 Å². The van der Waals surface area contributed by atoms with Crippen molar-refractivity contribution in [2.45, 2.75) is 13.1 Å². The molecule has 9 heteroatoms. The molecule has 1 unspecified atom stereocenters. The van der Waals surface area contributed by atoms with Crippen LogP contribution in [-0.4, -0.2) is 40.0 Å². The molecule has 1 aromatic heterocycles. The Morgan fingerprint density at radius 3 is 2.74 bits per heavy atom. The van der Waals surface area contributed by atoms with Crippen LogP contribution < -0.4 is 29.4 Å². The first kappa shape index (κ1) is 18.4. The van der Waals surface area contributed by atoms with Gasteiger partial charge in [-0.2, -0.15) is 4.57 Å². The summed E-state index contributed by atoms with van der Waals surface area (Å²) in [6.45, 7) is 3.45. The van der Waals surface area contributed by atoms with Crippen LogP contribution in [0.2, 0.25) is 0 Å². The first-order valence-corrected chi connectivity index (χ1v) is 6.12. The van der Waals surface area contributed by atoms with E-state index in [2.05, 4.69) is 7.05 Å². The number of quaternary nitrogens is 1. The molecular weight excluding hydrogens is 314 g/mol. The van der Waals surface area contributed by atoms with Crippen molar-refractivity contribution in [1.82, 2.24) is 4.57 Å². The maximum absolute atomic E-state index is 10.9. The summed E-state index contributed by atoms with van der Waals surface area (Å²) in [7, 11) is 3.89. The fourth-order valence-electron chi connectivity index (χ4n) is 2.35. The van der Waals surface area contributed by atoms with E-state index in [4.69, 9.17) is 11.6 Å². The fourth-order valence-corrected chi connectivity index (χ4v) is 2.76. The van der Waals surface area contributed by atoms with Crippen LogP contribution in [0.5, 0.6) is 0 Å². The SMILES string of the molecule is Cn1c([N+](=O)[O-])c[n+]2c1C[N+](C)(CCCl)CC2.[Cl-].[Cl-]. The van der Waals surface area contributed by atoms with Crippen LogP contribution in [0.1, 0.15) is 5.82 Å². The Balaban J connectivity index is 0.00000162. The number of likely N-dealkylation sites (N-methyl/N-ethyl adjacent to an activating group) is 1.